The van der Waals surface area contributed by atoms with Crippen LogP contribution in [0.3, 0.4) is 0 Å². The average Bonchev–Trinajstić information content (AvgIpc) is 3.22. The normalized spacial score (nSPS) is 18.4. The van der Waals surface area contributed by atoms with Crippen molar-refractivity contribution in [1.29, 1.82) is 0 Å². The van der Waals surface area contributed by atoms with Crippen molar-refractivity contribution in [2.24, 2.45) is 5.92 Å². The van der Waals surface area contributed by atoms with Gasteiger partial charge in [-0.25, -0.2) is 13.6 Å². The lowest BCUT2D eigenvalue weighted by atomic mass is 9.93. The number of alkyl halides is 1. The Labute approximate surface area is 197 Å². The molecule has 1 N–H and O–H groups in total. The molecular formula is C24H30F2N4O4. The SMILES string of the molecule is CCC(C)CCNC(=O)C1(C)Cn2nc(C(=O)OCCF)cc2C(=O)N1c1ccc(F)cc1C. The van der Waals surface area contributed by atoms with Crippen LogP contribution in [0.5, 0.6) is 0 Å². The summed E-state index contributed by atoms with van der Waals surface area (Å²) in [5.74, 6) is -1.87. The molecule has 0 saturated carbocycles. The lowest BCUT2D eigenvalue weighted by Gasteiger charge is -2.43. The third-order valence-corrected chi connectivity index (χ3v) is 6.18. The Balaban J connectivity index is 2.01. The van der Waals surface area contributed by atoms with Gasteiger partial charge in [0.25, 0.3) is 5.91 Å². The van der Waals surface area contributed by atoms with Gasteiger partial charge in [-0.15, -0.1) is 0 Å². The number of ether oxygens (including phenoxy) is 1. The molecule has 2 heterocycles. The molecule has 0 radical (unpaired) electrons. The van der Waals surface area contributed by atoms with Gasteiger partial charge >= 0.3 is 5.97 Å². The van der Waals surface area contributed by atoms with E-state index in [1.165, 1.54) is 33.8 Å². The molecule has 1 aromatic heterocycles. The van der Waals surface area contributed by atoms with Gasteiger partial charge in [-0.3, -0.25) is 19.2 Å². The van der Waals surface area contributed by atoms with E-state index in [0.29, 0.717) is 23.7 Å². The molecule has 10 heteroatoms. The van der Waals surface area contributed by atoms with Crippen LogP contribution in [0.4, 0.5) is 14.5 Å². The highest BCUT2D eigenvalue weighted by Gasteiger charge is 2.49. The van der Waals surface area contributed by atoms with E-state index >= 15 is 0 Å². The minimum atomic E-state index is -1.41. The summed E-state index contributed by atoms with van der Waals surface area (Å²) in [6.45, 7) is 6.54. The summed E-state index contributed by atoms with van der Waals surface area (Å²) in [4.78, 5) is 40.6. The van der Waals surface area contributed by atoms with E-state index < -0.39 is 42.4 Å². The van der Waals surface area contributed by atoms with Crippen molar-refractivity contribution < 1.29 is 27.9 Å². The highest BCUT2D eigenvalue weighted by molar-refractivity contribution is 6.12. The quantitative estimate of drug-likeness (QED) is 0.560. The monoisotopic (exact) mass is 476 g/mol. The van der Waals surface area contributed by atoms with Crippen molar-refractivity contribution in [3.8, 4) is 0 Å². The molecule has 8 nitrogen and oxygen atoms in total. The number of hydrogen-bond donors (Lipinski definition) is 1. The molecule has 0 fully saturated rings. The molecule has 1 aliphatic heterocycles. The van der Waals surface area contributed by atoms with Gasteiger partial charge < -0.3 is 10.1 Å². The van der Waals surface area contributed by atoms with Crippen LogP contribution in [-0.4, -0.2) is 52.9 Å². The fraction of sp³-hybridized carbons (Fsp3) is 0.500. The summed E-state index contributed by atoms with van der Waals surface area (Å²) in [7, 11) is 0. The number of nitrogens with zero attached hydrogens (tertiary/aromatic N) is 3. The maximum absolute atomic E-state index is 13.8. The molecule has 0 spiro atoms. The smallest absolute Gasteiger partial charge is 0.358 e. The van der Waals surface area contributed by atoms with Gasteiger partial charge in [-0.2, -0.15) is 5.10 Å². The van der Waals surface area contributed by atoms with E-state index in [1.807, 2.05) is 0 Å². The van der Waals surface area contributed by atoms with E-state index in [0.717, 1.165) is 12.8 Å². The number of halogens is 2. The highest BCUT2D eigenvalue weighted by atomic mass is 19.1. The minimum Gasteiger partial charge on any atom is -0.458 e. The second-order valence-corrected chi connectivity index (χ2v) is 8.80. The first kappa shape index (κ1) is 25.3. The molecule has 2 aromatic rings. The number of esters is 1. The van der Waals surface area contributed by atoms with Crippen molar-refractivity contribution in [2.75, 3.05) is 24.7 Å². The molecule has 2 atom stereocenters. The lowest BCUT2D eigenvalue weighted by Crippen LogP contribution is -2.64. The van der Waals surface area contributed by atoms with Crippen molar-refractivity contribution in [3.63, 3.8) is 0 Å². The Morgan fingerprint density at radius 2 is 2.06 bits per heavy atom. The van der Waals surface area contributed by atoms with Crippen LogP contribution in [0.25, 0.3) is 0 Å². The molecule has 2 unspecified atom stereocenters. The molecule has 2 amide bonds. The molecule has 0 bridgehead atoms. The zero-order chi connectivity index (χ0) is 25.0. The maximum Gasteiger partial charge on any atom is 0.358 e. The van der Waals surface area contributed by atoms with Crippen LogP contribution in [0.15, 0.2) is 24.3 Å². The predicted molar refractivity (Wildman–Crippen MR) is 122 cm³/mol. The summed E-state index contributed by atoms with van der Waals surface area (Å²) in [6.07, 6.45) is 1.75. The van der Waals surface area contributed by atoms with Crippen molar-refractivity contribution in [3.05, 3.63) is 47.0 Å². The Bertz CT molecular complexity index is 1090. The van der Waals surface area contributed by atoms with Crippen molar-refractivity contribution >= 4 is 23.5 Å². The van der Waals surface area contributed by atoms with Crippen LogP contribution in [0.2, 0.25) is 0 Å². The fourth-order valence-electron chi connectivity index (χ4n) is 3.96. The number of carbonyl (C=O) groups is 3. The number of amides is 2. The Morgan fingerprint density at radius 1 is 1.32 bits per heavy atom. The zero-order valence-electron chi connectivity index (χ0n) is 19.9. The number of rotatable bonds is 9. The predicted octanol–water partition coefficient (Wildman–Crippen LogP) is 3.43. The topological polar surface area (TPSA) is 93.5 Å². The molecule has 1 aromatic carbocycles. The first-order valence-corrected chi connectivity index (χ1v) is 11.3. The molecular weight excluding hydrogens is 446 g/mol. The van der Waals surface area contributed by atoms with E-state index in [1.54, 1.807) is 13.8 Å². The number of anilines is 1. The summed E-state index contributed by atoms with van der Waals surface area (Å²) in [6, 6.07) is 5.23. The number of nitrogens with one attached hydrogen (secondary N) is 1. The summed E-state index contributed by atoms with van der Waals surface area (Å²) in [5, 5.41) is 7.07. The molecule has 0 saturated heterocycles. The Morgan fingerprint density at radius 3 is 2.71 bits per heavy atom. The first-order valence-electron chi connectivity index (χ1n) is 11.3. The third kappa shape index (κ3) is 4.95. The number of fused-ring (bicyclic) bond motifs is 1. The standard InChI is InChI=1S/C24H30F2N4O4/c1-5-15(2)8-10-27-23(33)24(4)14-29-20(13-18(28-29)22(32)34-11-9-25)21(31)30(24)19-7-6-17(26)12-16(19)3/h6-7,12-13,15H,5,8-11,14H2,1-4H3,(H,27,33). The minimum absolute atomic E-state index is 0.0452. The maximum atomic E-state index is 13.8. The van der Waals surface area contributed by atoms with Gasteiger partial charge in [0, 0.05) is 18.3 Å². The third-order valence-electron chi connectivity index (χ3n) is 6.18. The van der Waals surface area contributed by atoms with Gasteiger partial charge in [0.15, 0.2) is 5.69 Å². The van der Waals surface area contributed by atoms with Crippen LogP contribution in [-0.2, 0) is 16.1 Å². The van der Waals surface area contributed by atoms with Crippen LogP contribution in [0.1, 0.15) is 60.2 Å². The largest absolute Gasteiger partial charge is 0.458 e. The van der Waals surface area contributed by atoms with Gasteiger partial charge in [-0.1, -0.05) is 20.3 Å². The summed E-state index contributed by atoms with van der Waals surface area (Å²) in [5.41, 5.74) is -0.647. The van der Waals surface area contributed by atoms with Crippen LogP contribution < -0.4 is 10.2 Å². The van der Waals surface area contributed by atoms with Crippen molar-refractivity contribution in [2.45, 2.75) is 52.6 Å². The van der Waals surface area contributed by atoms with E-state index in [9.17, 15) is 23.2 Å². The number of carbonyl (C=O) groups excluding carboxylic acids is 3. The van der Waals surface area contributed by atoms with Crippen LogP contribution in [0, 0.1) is 18.7 Å². The molecule has 184 valence electrons. The van der Waals surface area contributed by atoms with Gasteiger partial charge in [0.1, 0.15) is 30.3 Å². The molecule has 3 rings (SSSR count). The second kappa shape index (κ2) is 10.3. The molecule has 1 aliphatic rings. The summed E-state index contributed by atoms with van der Waals surface area (Å²) < 4.78 is 32.3. The lowest BCUT2D eigenvalue weighted by molar-refractivity contribution is -0.126. The number of aryl methyl sites for hydroxylation is 1. The van der Waals surface area contributed by atoms with Gasteiger partial charge in [0.2, 0.25) is 5.91 Å². The number of benzene rings is 1. The van der Waals surface area contributed by atoms with Gasteiger partial charge in [0.05, 0.1) is 6.54 Å². The molecule has 34 heavy (non-hydrogen) atoms. The average molecular weight is 477 g/mol. The zero-order valence-corrected chi connectivity index (χ0v) is 19.9. The highest BCUT2D eigenvalue weighted by Crippen LogP contribution is 2.35. The fourth-order valence-corrected chi connectivity index (χ4v) is 3.96. The van der Waals surface area contributed by atoms with Gasteiger partial charge in [-0.05, 0) is 49.9 Å². The second-order valence-electron chi connectivity index (χ2n) is 8.80. The Kier molecular flexibility index (Phi) is 7.68. The first-order chi connectivity index (χ1) is 16.1. The number of aromatic nitrogens is 2. The molecule has 0 aliphatic carbocycles. The van der Waals surface area contributed by atoms with E-state index in [-0.39, 0.29) is 17.9 Å². The van der Waals surface area contributed by atoms with Crippen LogP contribution >= 0.6 is 0 Å². The number of hydrogen-bond acceptors (Lipinski definition) is 5. The summed E-state index contributed by atoms with van der Waals surface area (Å²) >= 11 is 0. The Hall–Kier alpha value is -3.30. The van der Waals surface area contributed by atoms with E-state index in [4.69, 9.17) is 4.74 Å². The van der Waals surface area contributed by atoms with Crippen molar-refractivity contribution in [1.82, 2.24) is 15.1 Å². The van der Waals surface area contributed by atoms with E-state index in [2.05, 4.69) is 24.3 Å².